The molecule has 0 saturated carbocycles. The smallest absolute Gasteiger partial charge is 0.227 e. The van der Waals surface area contributed by atoms with Crippen molar-refractivity contribution in [3.8, 4) is 0 Å². The van der Waals surface area contributed by atoms with Crippen LogP contribution in [0.3, 0.4) is 0 Å². The van der Waals surface area contributed by atoms with Crippen LogP contribution in [0.2, 0.25) is 0 Å². The van der Waals surface area contributed by atoms with Crippen LogP contribution in [0.25, 0.3) is 0 Å². The van der Waals surface area contributed by atoms with E-state index in [4.69, 9.17) is 0 Å². The van der Waals surface area contributed by atoms with Gasteiger partial charge in [0.25, 0.3) is 0 Å². The third-order valence-corrected chi connectivity index (χ3v) is 4.50. The highest BCUT2D eigenvalue weighted by molar-refractivity contribution is 5.92. The Labute approximate surface area is 150 Å². The first-order valence-corrected chi connectivity index (χ1v) is 8.86. The highest BCUT2D eigenvalue weighted by Crippen LogP contribution is 2.17. The minimum Gasteiger partial charge on any atom is -0.392 e. The van der Waals surface area contributed by atoms with Gasteiger partial charge in [0, 0.05) is 24.2 Å². The summed E-state index contributed by atoms with van der Waals surface area (Å²) in [5, 5.41) is 15.7. The highest BCUT2D eigenvalue weighted by Gasteiger charge is 2.11. The van der Waals surface area contributed by atoms with E-state index in [9.17, 15) is 9.90 Å². The lowest BCUT2D eigenvalue weighted by atomic mass is 10.0. The normalized spacial score (nSPS) is 13.3. The molecule has 4 nitrogen and oxygen atoms in total. The van der Waals surface area contributed by atoms with Crippen molar-refractivity contribution in [1.29, 1.82) is 0 Å². The first kappa shape index (κ1) is 19.2. The van der Waals surface area contributed by atoms with Crippen molar-refractivity contribution in [1.82, 2.24) is 5.32 Å². The quantitative estimate of drug-likeness (QED) is 0.680. The molecule has 2 rings (SSSR count). The maximum absolute atomic E-state index is 12.0. The van der Waals surface area contributed by atoms with Gasteiger partial charge in [-0.2, -0.15) is 0 Å². The first-order chi connectivity index (χ1) is 12.0. The summed E-state index contributed by atoms with van der Waals surface area (Å²) < 4.78 is 0. The molecule has 2 atom stereocenters. The van der Waals surface area contributed by atoms with E-state index in [1.54, 1.807) is 0 Å². The molecular weight excluding hydrogens is 312 g/mol. The molecule has 25 heavy (non-hydrogen) atoms. The number of aliphatic hydroxyl groups is 1. The van der Waals surface area contributed by atoms with Crippen LogP contribution in [0.5, 0.6) is 0 Å². The Morgan fingerprint density at radius 1 is 1.08 bits per heavy atom. The Bertz CT molecular complexity index is 700. The fourth-order valence-corrected chi connectivity index (χ4v) is 2.56. The van der Waals surface area contributed by atoms with Crippen LogP contribution in [0.15, 0.2) is 48.5 Å². The molecule has 2 unspecified atom stereocenters. The van der Waals surface area contributed by atoms with Crippen molar-refractivity contribution in [2.45, 2.75) is 46.4 Å². The zero-order valence-electron chi connectivity index (χ0n) is 15.3. The predicted molar refractivity (Wildman–Crippen MR) is 102 cm³/mol. The lowest BCUT2D eigenvalue weighted by Gasteiger charge is -2.16. The average molecular weight is 340 g/mol. The van der Waals surface area contributed by atoms with Crippen molar-refractivity contribution in [3.05, 3.63) is 65.2 Å². The van der Waals surface area contributed by atoms with Crippen LogP contribution in [-0.4, -0.2) is 11.0 Å². The topological polar surface area (TPSA) is 61.4 Å². The fraction of sp³-hybridized carbons (Fsp3) is 0.381. The summed E-state index contributed by atoms with van der Waals surface area (Å²) in [6.45, 7) is 6.81. The van der Waals surface area contributed by atoms with Crippen LogP contribution < -0.4 is 10.6 Å². The molecule has 0 aromatic heterocycles. The maximum atomic E-state index is 12.0. The number of hydrogen-bond donors (Lipinski definition) is 3. The molecule has 134 valence electrons. The molecule has 0 aliphatic heterocycles. The summed E-state index contributed by atoms with van der Waals surface area (Å²) in [4.78, 5) is 12.0. The molecule has 0 heterocycles. The number of anilines is 1. The van der Waals surface area contributed by atoms with Gasteiger partial charge in [-0.05, 0) is 42.2 Å². The predicted octanol–water partition coefficient (Wildman–Crippen LogP) is 4.01. The summed E-state index contributed by atoms with van der Waals surface area (Å²) in [7, 11) is 0. The Balaban J connectivity index is 1.96. The van der Waals surface area contributed by atoms with Gasteiger partial charge in [-0.15, -0.1) is 0 Å². The van der Waals surface area contributed by atoms with E-state index in [-0.39, 0.29) is 24.5 Å². The molecule has 0 spiro atoms. The average Bonchev–Trinajstić information content (AvgIpc) is 2.65. The van der Waals surface area contributed by atoms with Gasteiger partial charge < -0.3 is 15.7 Å². The molecule has 0 aliphatic carbocycles. The van der Waals surface area contributed by atoms with E-state index in [2.05, 4.69) is 23.6 Å². The first-order valence-electron chi connectivity index (χ1n) is 8.86. The van der Waals surface area contributed by atoms with Crippen LogP contribution in [0, 0.1) is 5.92 Å². The standard InChI is InChI=1S/C21H28N2O2/c1-4-15(2)21(25)23-20-10-6-7-17(12-20)13-22-16(3)19-9-5-8-18(11-19)14-24/h5-12,15-16,22,24H,4,13-14H2,1-3H3,(H,23,25). The minimum atomic E-state index is 0.0144. The number of carbonyl (C=O) groups excluding carboxylic acids is 1. The number of benzene rings is 2. The number of aliphatic hydroxyl groups excluding tert-OH is 1. The summed E-state index contributed by atoms with van der Waals surface area (Å²) in [5.74, 6) is 0.0717. The molecule has 4 heteroatoms. The lowest BCUT2D eigenvalue weighted by molar-refractivity contribution is -0.119. The fourth-order valence-electron chi connectivity index (χ4n) is 2.56. The number of hydrogen-bond acceptors (Lipinski definition) is 3. The second kappa shape index (κ2) is 9.35. The number of rotatable bonds is 8. The highest BCUT2D eigenvalue weighted by atomic mass is 16.3. The van der Waals surface area contributed by atoms with E-state index >= 15 is 0 Å². The van der Waals surface area contributed by atoms with E-state index in [0.29, 0.717) is 6.54 Å². The monoisotopic (exact) mass is 340 g/mol. The Morgan fingerprint density at radius 3 is 2.52 bits per heavy atom. The van der Waals surface area contributed by atoms with Gasteiger partial charge in [-0.1, -0.05) is 50.2 Å². The molecule has 2 aromatic carbocycles. The van der Waals surface area contributed by atoms with Crippen molar-refractivity contribution in [2.75, 3.05) is 5.32 Å². The number of carbonyl (C=O) groups is 1. The zero-order chi connectivity index (χ0) is 18.2. The van der Waals surface area contributed by atoms with Gasteiger partial charge in [0.15, 0.2) is 0 Å². The largest absolute Gasteiger partial charge is 0.392 e. The molecule has 0 radical (unpaired) electrons. The molecule has 1 amide bonds. The second-order valence-corrected chi connectivity index (χ2v) is 6.50. The summed E-state index contributed by atoms with van der Waals surface area (Å²) in [6, 6.07) is 16.0. The van der Waals surface area contributed by atoms with Gasteiger partial charge in [-0.25, -0.2) is 0 Å². The van der Waals surface area contributed by atoms with E-state index in [0.717, 1.165) is 28.8 Å². The summed E-state index contributed by atoms with van der Waals surface area (Å²) in [5.41, 5.74) is 4.01. The second-order valence-electron chi connectivity index (χ2n) is 6.50. The third-order valence-electron chi connectivity index (χ3n) is 4.50. The molecule has 0 saturated heterocycles. The van der Waals surface area contributed by atoms with Crippen molar-refractivity contribution >= 4 is 11.6 Å². The molecular formula is C21H28N2O2. The molecule has 3 N–H and O–H groups in total. The van der Waals surface area contributed by atoms with Gasteiger partial charge in [0.2, 0.25) is 5.91 Å². The van der Waals surface area contributed by atoms with E-state index in [1.165, 1.54) is 0 Å². The molecule has 0 bridgehead atoms. The van der Waals surface area contributed by atoms with Crippen LogP contribution >= 0.6 is 0 Å². The Hall–Kier alpha value is -2.17. The number of nitrogens with one attached hydrogen (secondary N) is 2. The van der Waals surface area contributed by atoms with Crippen molar-refractivity contribution < 1.29 is 9.90 Å². The van der Waals surface area contributed by atoms with Crippen molar-refractivity contribution in [2.24, 2.45) is 5.92 Å². The summed E-state index contributed by atoms with van der Waals surface area (Å²) in [6.07, 6.45) is 0.831. The van der Waals surface area contributed by atoms with Crippen LogP contribution in [0.4, 0.5) is 5.69 Å². The molecule has 0 aliphatic rings. The third kappa shape index (κ3) is 5.69. The molecule has 0 fully saturated rings. The zero-order valence-corrected chi connectivity index (χ0v) is 15.3. The van der Waals surface area contributed by atoms with Gasteiger partial charge in [0.05, 0.1) is 6.61 Å². The van der Waals surface area contributed by atoms with E-state index < -0.39 is 0 Å². The molecule has 2 aromatic rings. The van der Waals surface area contributed by atoms with Crippen LogP contribution in [-0.2, 0) is 17.9 Å². The van der Waals surface area contributed by atoms with Gasteiger partial charge in [-0.3, -0.25) is 4.79 Å². The minimum absolute atomic E-state index is 0.0144. The maximum Gasteiger partial charge on any atom is 0.227 e. The Morgan fingerprint density at radius 2 is 1.80 bits per heavy atom. The SMILES string of the molecule is CCC(C)C(=O)Nc1cccc(CNC(C)c2cccc(CO)c2)c1. The van der Waals surface area contributed by atoms with Gasteiger partial charge in [0.1, 0.15) is 0 Å². The number of amides is 1. The van der Waals surface area contributed by atoms with E-state index in [1.807, 2.05) is 56.3 Å². The van der Waals surface area contributed by atoms with Gasteiger partial charge >= 0.3 is 0 Å². The van der Waals surface area contributed by atoms with Crippen molar-refractivity contribution in [3.63, 3.8) is 0 Å². The summed E-state index contributed by atoms with van der Waals surface area (Å²) >= 11 is 0. The lowest BCUT2D eigenvalue weighted by Crippen LogP contribution is -2.20. The van der Waals surface area contributed by atoms with Crippen LogP contribution in [0.1, 0.15) is 49.9 Å². The Kier molecular flexibility index (Phi) is 7.16.